The highest BCUT2D eigenvalue weighted by molar-refractivity contribution is 5.81. The van der Waals surface area contributed by atoms with Crippen molar-refractivity contribution in [2.75, 3.05) is 33.0 Å². The molecule has 0 radical (unpaired) electrons. The lowest BCUT2D eigenvalue weighted by Crippen LogP contribution is -2.51. The van der Waals surface area contributed by atoms with Crippen LogP contribution in [-0.4, -0.2) is 54.8 Å². The van der Waals surface area contributed by atoms with Gasteiger partial charge in [0, 0.05) is 32.7 Å². The summed E-state index contributed by atoms with van der Waals surface area (Å²) in [5, 5.41) is 0. The number of carbonyl (C=O) groups is 1. The van der Waals surface area contributed by atoms with Gasteiger partial charge >= 0.3 is 0 Å². The summed E-state index contributed by atoms with van der Waals surface area (Å²) >= 11 is 0. The number of amides is 1. The van der Waals surface area contributed by atoms with Crippen molar-refractivity contribution in [1.82, 2.24) is 9.80 Å². The van der Waals surface area contributed by atoms with Gasteiger partial charge in [-0.2, -0.15) is 0 Å². The molecule has 2 aliphatic heterocycles. The van der Waals surface area contributed by atoms with Gasteiger partial charge in [-0.05, 0) is 43.2 Å². The minimum Gasteiger partial charge on any atom is -0.481 e. The van der Waals surface area contributed by atoms with E-state index >= 15 is 0 Å². The molecule has 1 atom stereocenters. The van der Waals surface area contributed by atoms with Crippen LogP contribution in [0.2, 0.25) is 0 Å². The van der Waals surface area contributed by atoms with Crippen molar-refractivity contribution in [3.63, 3.8) is 0 Å². The van der Waals surface area contributed by atoms with Gasteiger partial charge in [-0.1, -0.05) is 24.3 Å². The number of nitrogens with zero attached hydrogens (tertiary/aromatic N) is 2. The van der Waals surface area contributed by atoms with Crippen molar-refractivity contribution in [2.24, 2.45) is 0 Å². The third kappa shape index (κ3) is 4.07. The Hall–Kier alpha value is -2.73. The molecule has 2 heterocycles. The minimum absolute atomic E-state index is 0.0472. The molecule has 0 unspecified atom stereocenters. The summed E-state index contributed by atoms with van der Waals surface area (Å²) in [5.74, 6) is 2.44. The summed E-state index contributed by atoms with van der Waals surface area (Å²) in [6.45, 7) is 8.07. The van der Waals surface area contributed by atoms with E-state index in [1.807, 2.05) is 55.1 Å². The van der Waals surface area contributed by atoms with Crippen LogP contribution in [0, 0.1) is 6.92 Å². The number of hydrogen-bond donors (Lipinski definition) is 0. The molecule has 2 aliphatic rings. The average molecular weight is 382 g/mol. The number of fused-ring (bicyclic) bond motifs is 1. The first-order valence-electron chi connectivity index (χ1n) is 9.72. The quantitative estimate of drug-likeness (QED) is 0.796. The third-order valence-electron chi connectivity index (χ3n) is 5.27. The van der Waals surface area contributed by atoms with Crippen LogP contribution < -0.4 is 14.2 Å². The topological polar surface area (TPSA) is 51.2 Å². The van der Waals surface area contributed by atoms with E-state index in [1.165, 1.54) is 5.56 Å². The average Bonchev–Trinajstić information content (AvgIpc) is 3.17. The Bertz CT molecular complexity index is 846. The summed E-state index contributed by atoms with van der Waals surface area (Å²) in [6.07, 6.45) is -0.485. The zero-order valence-corrected chi connectivity index (χ0v) is 16.4. The van der Waals surface area contributed by atoms with Crippen LogP contribution in [0.4, 0.5) is 0 Å². The summed E-state index contributed by atoms with van der Waals surface area (Å²) in [5.41, 5.74) is 2.23. The summed E-state index contributed by atoms with van der Waals surface area (Å²) in [7, 11) is 0. The second-order valence-corrected chi connectivity index (χ2v) is 7.31. The highest BCUT2D eigenvalue weighted by Crippen LogP contribution is 2.32. The van der Waals surface area contributed by atoms with Gasteiger partial charge in [-0.25, -0.2) is 0 Å². The number of carbonyl (C=O) groups excluding carboxylic acids is 1. The van der Waals surface area contributed by atoms with E-state index in [2.05, 4.69) is 11.0 Å². The number of hydrogen-bond acceptors (Lipinski definition) is 5. The van der Waals surface area contributed by atoms with E-state index in [1.54, 1.807) is 0 Å². The zero-order chi connectivity index (χ0) is 19.5. The van der Waals surface area contributed by atoms with Gasteiger partial charge in [0.1, 0.15) is 5.75 Å². The van der Waals surface area contributed by atoms with Crippen LogP contribution in [0.5, 0.6) is 17.2 Å². The third-order valence-corrected chi connectivity index (χ3v) is 5.27. The van der Waals surface area contributed by atoms with Gasteiger partial charge in [0.05, 0.1) is 0 Å². The van der Waals surface area contributed by atoms with Gasteiger partial charge in [-0.3, -0.25) is 9.69 Å². The van der Waals surface area contributed by atoms with Crippen molar-refractivity contribution >= 4 is 5.91 Å². The fraction of sp³-hybridized carbons (Fsp3) is 0.409. The van der Waals surface area contributed by atoms with Crippen molar-refractivity contribution in [3.05, 3.63) is 53.6 Å². The molecule has 0 aromatic heterocycles. The Kier molecular flexibility index (Phi) is 5.39. The van der Waals surface area contributed by atoms with Crippen molar-refractivity contribution in [2.45, 2.75) is 26.5 Å². The fourth-order valence-corrected chi connectivity index (χ4v) is 3.61. The Morgan fingerprint density at radius 3 is 2.61 bits per heavy atom. The Balaban J connectivity index is 1.28. The molecule has 4 rings (SSSR count). The lowest BCUT2D eigenvalue weighted by molar-refractivity contribution is -0.139. The molecule has 1 saturated heterocycles. The van der Waals surface area contributed by atoms with Crippen molar-refractivity contribution in [3.8, 4) is 17.2 Å². The molecule has 1 fully saturated rings. The highest BCUT2D eigenvalue weighted by Gasteiger charge is 2.26. The van der Waals surface area contributed by atoms with E-state index in [4.69, 9.17) is 14.2 Å². The van der Waals surface area contributed by atoms with Crippen LogP contribution in [0.3, 0.4) is 0 Å². The Labute approximate surface area is 165 Å². The number of piperazine rings is 1. The van der Waals surface area contributed by atoms with Crippen LogP contribution in [0.1, 0.15) is 18.1 Å². The first kappa shape index (κ1) is 18.6. The van der Waals surface area contributed by atoms with Crippen molar-refractivity contribution < 1.29 is 19.0 Å². The summed E-state index contributed by atoms with van der Waals surface area (Å²) in [6, 6.07) is 13.9. The summed E-state index contributed by atoms with van der Waals surface area (Å²) in [4.78, 5) is 17.0. The number of aryl methyl sites for hydroxylation is 1. The number of rotatable bonds is 5. The predicted molar refractivity (Wildman–Crippen MR) is 106 cm³/mol. The van der Waals surface area contributed by atoms with E-state index in [-0.39, 0.29) is 5.91 Å². The molecule has 148 valence electrons. The number of benzene rings is 2. The first-order valence-corrected chi connectivity index (χ1v) is 9.72. The molecule has 0 spiro atoms. The summed E-state index contributed by atoms with van der Waals surface area (Å²) < 4.78 is 16.7. The molecule has 28 heavy (non-hydrogen) atoms. The van der Waals surface area contributed by atoms with E-state index < -0.39 is 6.10 Å². The second kappa shape index (κ2) is 8.10. The largest absolute Gasteiger partial charge is 0.481 e. The second-order valence-electron chi connectivity index (χ2n) is 7.31. The normalized spacial score (nSPS) is 17.4. The van der Waals surface area contributed by atoms with Gasteiger partial charge in [0.25, 0.3) is 5.91 Å². The molecule has 6 heteroatoms. The standard InChI is InChI=1S/C22H26N2O4/c1-16-5-3-4-6-19(16)28-17(2)22(25)24-11-9-23(10-12-24)14-18-7-8-20-21(13-18)27-15-26-20/h3-8,13,17H,9-12,14-15H2,1-2H3/t17-/m1/s1. The van der Waals surface area contributed by atoms with Crippen LogP contribution in [0.25, 0.3) is 0 Å². The van der Waals surface area contributed by atoms with E-state index in [0.29, 0.717) is 19.9 Å². The monoisotopic (exact) mass is 382 g/mol. The maximum Gasteiger partial charge on any atom is 0.263 e. The minimum atomic E-state index is -0.485. The Morgan fingerprint density at radius 1 is 1.07 bits per heavy atom. The number of para-hydroxylation sites is 1. The SMILES string of the molecule is Cc1ccccc1O[C@H](C)C(=O)N1CCN(Cc2ccc3c(c2)OCO3)CC1. The lowest BCUT2D eigenvalue weighted by Gasteiger charge is -2.36. The van der Waals surface area contributed by atoms with E-state index in [0.717, 1.165) is 42.4 Å². The van der Waals surface area contributed by atoms with Gasteiger partial charge in [0.2, 0.25) is 6.79 Å². The molecule has 0 N–H and O–H groups in total. The van der Waals surface area contributed by atoms with Crippen molar-refractivity contribution in [1.29, 1.82) is 0 Å². The van der Waals surface area contributed by atoms with Gasteiger partial charge in [0.15, 0.2) is 17.6 Å². The molecular formula is C22H26N2O4. The predicted octanol–water partition coefficient (Wildman–Crippen LogP) is 2.84. The van der Waals surface area contributed by atoms with Crippen LogP contribution in [-0.2, 0) is 11.3 Å². The molecule has 6 nitrogen and oxygen atoms in total. The number of ether oxygens (including phenoxy) is 3. The fourth-order valence-electron chi connectivity index (χ4n) is 3.61. The smallest absolute Gasteiger partial charge is 0.263 e. The molecule has 0 saturated carbocycles. The van der Waals surface area contributed by atoms with Gasteiger partial charge in [-0.15, -0.1) is 0 Å². The highest BCUT2D eigenvalue weighted by atomic mass is 16.7. The Morgan fingerprint density at radius 2 is 1.82 bits per heavy atom. The molecule has 0 bridgehead atoms. The molecule has 1 amide bonds. The van der Waals surface area contributed by atoms with Crippen LogP contribution >= 0.6 is 0 Å². The molecular weight excluding hydrogens is 356 g/mol. The maximum absolute atomic E-state index is 12.8. The first-order chi connectivity index (χ1) is 13.6. The molecule has 0 aliphatic carbocycles. The van der Waals surface area contributed by atoms with Gasteiger partial charge < -0.3 is 19.1 Å². The molecule has 2 aromatic rings. The van der Waals surface area contributed by atoms with Crippen LogP contribution in [0.15, 0.2) is 42.5 Å². The lowest BCUT2D eigenvalue weighted by atomic mass is 10.1. The van der Waals surface area contributed by atoms with E-state index in [9.17, 15) is 4.79 Å². The molecule has 2 aromatic carbocycles. The zero-order valence-electron chi connectivity index (χ0n) is 16.4. The maximum atomic E-state index is 12.8.